The third-order valence-electron chi connectivity index (χ3n) is 4.08. The molecule has 1 amide bonds. The van der Waals surface area contributed by atoms with Crippen LogP contribution in [0.15, 0.2) is 0 Å². The monoisotopic (exact) mass is 239 g/mol. The number of hydrogen-bond acceptors (Lipinski definition) is 3. The van der Waals surface area contributed by atoms with Crippen LogP contribution in [0.4, 0.5) is 0 Å². The van der Waals surface area contributed by atoms with Gasteiger partial charge in [0.25, 0.3) is 0 Å². The van der Waals surface area contributed by atoms with E-state index in [1.165, 1.54) is 25.7 Å². The molecule has 4 heteroatoms. The first-order valence-electron chi connectivity index (χ1n) is 6.86. The number of piperidine rings is 1. The topological polar surface area (TPSA) is 44.4 Å². The van der Waals surface area contributed by atoms with E-state index in [9.17, 15) is 4.79 Å². The summed E-state index contributed by atoms with van der Waals surface area (Å²) in [5.74, 6) is 1.05. The van der Waals surface area contributed by atoms with Crippen molar-refractivity contribution in [3.63, 3.8) is 0 Å². The number of nitrogens with zero attached hydrogens (tertiary/aromatic N) is 1. The Balaban J connectivity index is 1.62. The van der Waals surface area contributed by atoms with Crippen molar-refractivity contribution in [1.82, 2.24) is 15.5 Å². The molecule has 0 spiro atoms. The third-order valence-corrected chi connectivity index (χ3v) is 4.08. The Bertz CT molecular complexity index is 255. The van der Waals surface area contributed by atoms with Crippen LogP contribution in [0.1, 0.15) is 32.6 Å². The van der Waals surface area contributed by atoms with E-state index in [1.807, 2.05) is 0 Å². The normalized spacial score (nSPS) is 30.9. The van der Waals surface area contributed by atoms with E-state index < -0.39 is 0 Å². The Labute approximate surface area is 104 Å². The minimum absolute atomic E-state index is 0.129. The van der Waals surface area contributed by atoms with Crippen LogP contribution in [0.25, 0.3) is 0 Å². The smallest absolute Gasteiger partial charge is 0.233 e. The molecule has 0 aromatic rings. The van der Waals surface area contributed by atoms with Gasteiger partial charge in [-0.05, 0) is 31.6 Å². The molecule has 0 aromatic carbocycles. The molecule has 4 nitrogen and oxygen atoms in total. The van der Waals surface area contributed by atoms with Gasteiger partial charge >= 0.3 is 0 Å². The van der Waals surface area contributed by atoms with Gasteiger partial charge in [-0.15, -0.1) is 0 Å². The molecule has 2 rings (SSSR count). The lowest BCUT2D eigenvalue weighted by atomic mass is 9.81. The van der Waals surface area contributed by atoms with Gasteiger partial charge in [0.1, 0.15) is 0 Å². The van der Waals surface area contributed by atoms with Crippen molar-refractivity contribution in [3.05, 3.63) is 0 Å². The Hall–Kier alpha value is -0.610. The van der Waals surface area contributed by atoms with Crippen molar-refractivity contribution in [2.45, 2.75) is 44.7 Å². The van der Waals surface area contributed by atoms with Gasteiger partial charge in [0.2, 0.25) is 5.91 Å². The molecular formula is C13H25N3O. The van der Waals surface area contributed by atoms with Gasteiger partial charge in [-0.2, -0.15) is 0 Å². The molecule has 2 fully saturated rings. The lowest BCUT2D eigenvalue weighted by Crippen LogP contribution is -2.51. The van der Waals surface area contributed by atoms with E-state index >= 15 is 0 Å². The number of carbonyl (C=O) groups excluding carboxylic acids is 1. The Morgan fingerprint density at radius 3 is 2.41 bits per heavy atom. The fourth-order valence-electron chi connectivity index (χ4n) is 2.91. The summed E-state index contributed by atoms with van der Waals surface area (Å²) in [6.07, 6.45) is 5.06. The van der Waals surface area contributed by atoms with Crippen molar-refractivity contribution in [3.8, 4) is 0 Å². The van der Waals surface area contributed by atoms with E-state index in [-0.39, 0.29) is 5.91 Å². The van der Waals surface area contributed by atoms with Crippen LogP contribution in [0.5, 0.6) is 0 Å². The maximum absolute atomic E-state index is 11.3. The molecule has 0 bridgehead atoms. The zero-order valence-electron chi connectivity index (χ0n) is 11.0. The SMILES string of the molecule is CNC(=O)CN1CCC(NC2CC(C)C2)CC1. The standard InChI is InChI=1S/C13H25N3O/c1-10-7-12(8-10)15-11-3-5-16(6-4-11)9-13(17)14-2/h10-12,15H,3-9H2,1-2H3,(H,14,17). The van der Waals surface area contributed by atoms with Gasteiger partial charge in [-0.25, -0.2) is 0 Å². The van der Waals surface area contributed by atoms with Crippen LogP contribution in [0.3, 0.4) is 0 Å². The Morgan fingerprint density at radius 1 is 1.24 bits per heavy atom. The molecule has 0 atom stereocenters. The van der Waals surface area contributed by atoms with Gasteiger partial charge in [0.15, 0.2) is 0 Å². The first-order valence-corrected chi connectivity index (χ1v) is 6.86. The largest absolute Gasteiger partial charge is 0.358 e. The van der Waals surface area contributed by atoms with Crippen molar-refractivity contribution in [2.75, 3.05) is 26.7 Å². The Morgan fingerprint density at radius 2 is 1.88 bits per heavy atom. The highest BCUT2D eigenvalue weighted by atomic mass is 16.1. The number of likely N-dealkylation sites (tertiary alicyclic amines) is 1. The fraction of sp³-hybridized carbons (Fsp3) is 0.923. The highest BCUT2D eigenvalue weighted by Crippen LogP contribution is 2.27. The average molecular weight is 239 g/mol. The molecule has 0 unspecified atom stereocenters. The number of likely N-dealkylation sites (N-methyl/N-ethyl adjacent to an activating group) is 1. The highest BCUT2D eigenvalue weighted by molar-refractivity contribution is 5.77. The molecule has 1 saturated carbocycles. The first-order chi connectivity index (χ1) is 8.17. The number of carbonyl (C=O) groups is 1. The third kappa shape index (κ3) is 3.68. The van der Waals surface area contributed by atoms with Crippen LogP contribution >= 0.6 is 0 Å². The molecule has 0 radical (unpaired) electrons. The summed E-state index contributed by atoms with van der Waals surface area (Å²) >= 11 is 0. The van der Waals surface area contributed by atoms with Crippen molar-refractivity contribution >= 4 is 5.91 Å². The average Bonchev–Trinajstić information content (AvgIpc) is 2.29. The zero-order chi connectivity index (χ0) is 12.3. The second-order valence-corrected chi connectivity index (χ2v) is 5.66. The summed E-state index contributed by atoms with van der Waals surface area (Å²) in [5, 5.41) is 6.43. The number of hydrogen-bond donors (Lipinski definition) is 2. The summed E-state index contributed by atoms with van der Waals surface area (Å²) in [7, 11) is 1.70. The summed E-state index contributed by atoms with van der Waals surface area (Å²) < 4.78 is 0. The van der Waals surface area contributed by atoms with Gasteiger partial charge in [0.05, 0.1) is 6.54 Å². The molecule has 1 heterocycles. The van der Waals surface area contributed by atoms with E-state index in [0.29, 0.717) is 12.6 Å². The zero-order valence-corrected chi connectivity index (χ0v) is 11.0. The molecule has 2 N–H and O–H groups in total. The van der Waals surface area contributed by atoms with Crippen LogP contribution < -0.4 is 10.6 Å². The molecule has 1 aliphatic carbocycles. The number of amides is 1. The molecule has 1 saturated heterocycles. The van der Waals surface area contributed by atoms with Crippen LogP contribution in [0.2, 0.25) is 0 Å². The predicted octanol–water partition coefficient (Wildman–Crippen LogP) is 0.585. The quantitative estimate of drug-likeness (QED) is 0.754. The molecule has 98 valence electrons. The van der Waals surface area contributed by atoms with E-state index in [0.717, 1.165) is 25.0 Å². The van der Waals surface area contributed by atoms with Crippen LogP contribution in [-0.2, 0) is 4.79 Å². The number of rotatable bonds is 4. The second-order valence-electron chi connectivity index (χ2n) is 5.66. The van der Waals surface area contributed by atoms with E-state index in [4.69, 9.17) is 0 Å². The van der Waals surface area contributed by atoms with Gasteiger partial charge in [0, 0.05) is 32.2 Å². The summed E-state index contributed by atoms with van der Waals surface area (Å²) in [5.41, 5.74) is 0. The van der Waals surface area contributed by atoms with Crippen LogP contribution in [-0.4, -0.2) is 49.6 Å². The maximum Gasteiger partial charge on any atom is 0.233 e. The first kappa shape index (κ1) is 12.8. The van der Waals surface area contributed by atoms with Crippen molar-refractivity contribution in [2.24, 2.45) is 5.92 Å². The lowest BCUT2D eigenvalue weighted by molar-refractivity contribution is -0.122. The summed E-state index contributed by atoms with van der Waals surface area (Å²) in [6.45, 7) is 4.98. The molecule has 0 aromatic heterocycles. The molecular weight excluding hydrogens is 214 g/mol. The van der Waals surface area contributed by atoms with E-state index in [2.05, 4.69) is 22.5 Å². The van der Waals surface area contributed by atoms with Crippen molar-refractivity contribution < 1.29 is 4.79 Å². The lowest BCUT2D eigenvalue weighted by Gasteiger charge is -2.39. The van der Waals surface area contributed by atoms with Crippen LogP contribution in [0, 0.1) is 5.92 Å². The summed E-state index contributed by atoms with van der Waals surface area (Å²) in [4.78, 5) is 13.5. The van der Waals surface area contributed by atoms with Gasteiger partial charge < -0.3 is 10.6 Å². The highest BCUT2D eigenvalue weighted by Gasteiger charge is 2.28. The van der Waals surface area contributed by atoms with Crippen molar-refractivity contribution in [1.29, 1.82) is 0 Å². The van der Waals surface area contributed by atoms with Gasteiger partial charge in [-0.3, -0.25) is 9.69 Å². The number of nitrogens with one attached hydrogen (secondary N) is 2. The van der Waals surface area contributed by atoms with Gasteiger partial charge in [-0.1, -0.05) is 6.92 Å². The minimum atomic E-state index is 0.129. The Kier molecular flexibility index (Phi) is 4.40. The predicted molar refractivity (Wildman–Crippen MR) is 68.9 cm³/mol. The van der Waals surface area contributed by atoms with E-state index in [1.54, 1.807) is 7.05 Å². The molecule has 17 heavy (non-hydrogen) atoms. The fourth-order valence-corrected chi connectivity index (χ4v) is 2.91. The second kappa shape index (κ2) is 5.83. The molecule has 1 aliphatic heterocycles. The molecule has 2 aliphatic rings. The maximum atomic E-state index is 11.3. The summed E-state index contributed by atoms with van der Waals surface area (Å²) in [6, 6.07) is 1.44. The minimum Gasteiger partial charge on any atom is -0.358 e.